The molecule has 1 aromatic carbocycles. The molecule has 2 fully saturated rings. The molecule has 1 heterocycles. The van der Waals surface area contributed by atoms with E-state index in [0.717, 1.165) is 18.4 Å². The van der Waals surface area contributed by atoms with Gasteiger partial charge in [0.25, 0.3) is 0 Å². The molecule has 5 nitrogen and oxygen atoms in total. The number of carbonyl (C=O) groups is 2. The summed E-state index contributed by atoms with van der Waals surface area (Å²) in [6.45, 7) is 5.52. The fourth-order valence-electron chi connectivity index (χ4n) is 4.12. The van der Waals surface area contributed by atoms with E-state index in [9.17, 15) is 9.59 Å². The van der Waals surface area contributed by atoms with Crippen LogP contribution in [0.1, 0.15) is 51.5 Å². The minimum absolute atomic E-state index is 0.0298. The number of hydrogen-bond acceptors (Lipinski definition) is 3. The number of rotatable bonds is 5. The molecule has 0 radical (unpaired) electrons. The van der Waals surface area contributed by atoms with Gasteiger partial charge in [0.1, 0.15) is 0 Å². The van der Waals surface area contributed by atoms with Gasteiger partial charge in [0.05, 0.1) is 19.3 Å². The molecule has 27 heavy (non-hydrogen) atoms. The maximum Gasteiger partial charge on any atom is 0.242 e. The Bertz CT molecular complexity index is 626. The summed E-state index contributed by atoms with van der Waals surface area (Å²) >= 11 is 0. The highest BCUT2D eigenvalue weighted by Gasteiger charge is 2.35. The van der Waals surface area contributed by atoms with E-state index in [1.54, 1.807) is 4.90 Å². The maximum absolute atomic E-state index is 12.9. The Kier molecular flexibility index (Phi) is 6.89. The molecule has 1 saturated carbocycles. The van der Waals surface area contributed by atoms with Gasteiger partial charge in [-0.3, -0.25) is 9.59 Å². The largest absolute Gasteiger partial charge is 0.370 e. The minimum atomic E-state index is -0.152. The summed E-state index contributed by atoms with van der Waals surface area (Å²) in [6.07, 6.45) is 5.59. The maximum atomic E-state index is 12.9. The van der Waals surface area contributed by atoms with Crippen molar-refractivity contribution in [1.29, 1.82) is 0 Å². The molecule has 148 valence electrons. The number of benzene rings is 1. The van der Waals surface area contributed by atoms with Crippen molar-refractivity contribution in [3.63, 3.8) is 0 Å². The first-order valence-corrected chi connectivity index (χ1v) is 10.3. The molecule has 1 aromatic rings. The Morgan fingerprint density at radius 2 is 1.81 bits per heavy atom. The Morgan fingerprint density at radius 1 is 1.11 bits per heavy atom. The van der Waals surface area contributed by atoms with Gasteiger partial charge in [-0.25, -0.2) is 0 Å². The first-order chi connectivity index (χ1) is 13.0. The number of ether oxygens (including phenoxy) is 1. The van der Waals surface area contributed by atoms with Gasteiger partial charge in [-0.2, -0.15) is 0 Å². The van der Waals surface area contributed by atoms with E-state index in [2.05, 4.69) is 0 Å². The molecule has 1 saturated heterocycles. The number of nitrogens with zero attached hydrogens (tertiary/aromatic N) is 2. The smallest absolute Gasteiger partial charge is 0.242 e. The third kappa shape index (κ3) is 5.32. The summed E-state index contributed by atoms with van der Waals surface area (Å²) in [4.78, 5) is 29.2. The summed E-state index contributed by atoms with van der Waals surface area (Å²) in [6, 6.07) is 10.4. The second-order valence-corrected chi connectivity index (χ2v) is 8.13. The zero-order valence-electron chi connectivity index (χ0n) is 16.6. The lowest BCUT2D eigenvalue weighted by Gasteiger charge is -2.34. The highest BCUT2D eigenvalue weighted by atomic mass is 16.5. The molecule has 0 N–H and O–H groups in total. The first-order valence-electron chi connectivity index (χ1n) is 10.3. The van der Waals surface area contributed by atoms with Crippen molar-refractivity contribution in [1.82, 2.24) is 9.80 Å². The Labute approximate surface area is 162 Å². The quantitative estimate of drug-likeness (QED) is 0.797. The second-order valence-electron chi connectivity index (χ2n) is 8.13. The van der Waals surface area contributed by atoms with Crippen LogP contribution in [0.2, 0.25) is 0 Å². The van der Waals surface area contributed by atoms with Crippen LogP contribution >= 0.6 is 0 Å². The van der Waals surface area contributed by atoms with Gasteiger partial charge in [-0.1, -0.05) is 63.4 Å². The molecule has 2 aliphatic rings. The van der Waals surface area contributed by atoms with Crippen molar-refractivity contribution < 1.29 is 14.3 Å². The third-order valence-corrected chi connectivity index (χ3v) is 5.62. The van der Waals surface area contributed by atoms with Crippen molar-refractivity contribution in [3.8, 4) is 0 Å². The number of amides is 2. The molecule has 0 spiro atoms. The molecular weight excluding hydrogens is 340 g/mol. The molecule has 5 heteroatoms. The van der Waals surface area contributed by atoms with Crippen LogP contribution < -0.4 is 0 Å². The van der Waals surface area contributed by atoms with Gasteiger partial charge in [-0.05, 0) is 18.4 Å². The molecule has 1 aliphatic carbocycles. The average Bonchev–Trinajstić information content (AvgIpc) is 2.86. The van der Waals surface area contributed by atoms with E-state index in [1.807, 2.05) is 49.1 Å². The summed E-state index contributed by atoms with van der Waals surface area (Å²) < 4.78 is 6.19. The van der Waals surface area contributed by atoms with Crippen molar-refractivity contribution in [3.05, 3.63) is 35.9 Å². The van der Waals surface area contributed by atoms with Crippen molar-refractivity contribution in [2.24, 2.45) is 5.92 Å². The van der Waals surface area contributed by atoms with Crippen LogP contribution in [0.4, 0.5) is 0 Å². The Hall–Kier alpha value is -1.88. The Morgan fingerprint density at radius 3 is 2.48 bits per heavy atom. The molecule has 1 atom stereocenters. The standard InChI is InChI=1S/C22H32N2O3/c1-17(2)22(26)23-13-20(27-16-18-9-5-3-6-10-18)14-24(21(25)15-23)19-11-7-4-8-12-19/h3,5-6,9-10,17,19-20H,4,7-8,11-16H2,1-2H3. The normalized spacial score (nSPS) is 22.2. The molecule has 3 rings (SSSR count). The predicted octanol–water partition coefficient (Wildman–Crippen LogP) is 3.23. The van der Waals surface area contributed by atoms with E-state index < -0.39 is 0 Å². The summed E-state index contributed by atoms with van der Waals surface area (Å²) in [5.41, 5.74) is 1.11. The Balaban J connectivity index is 1.73. The van der Waals surface area contributed by atoms with E-state index >= 15 is 0 Å². The van der Waals surface area contributed by atoms with Crippen LogP contribution in [0, 0.1) is 5.92 Å². The van der Waals surface area contributed by atoms with Crippen LogP contribution in [-0.4, -0.2) is 53.4 Å². The highest BCUT2D eigenvalue weighted by molar-refractivity contribution is 5.86. The fourth-order valence-corrected chi connectivity index (χ4v) is 4.12. The van der Waals surface area contributed by atoms with E-state index in [-0.39, 0.29) is 30.4 Å². The van der Waals surface area contributed by atoms with Crippen LogP contribution in [0.3, 0.4) is 0 Å². The lowest BCUT2D eigenvalue weighted by molar-refractivity contribution is -0.141. The molecule has 0 aromatic heterocycles. The zero-order chi connectivity index (χ0) is 19.2. The topological polar surface area (TPSA) is 49.9 Å². The molecule has 1 aliphatic heterocycles. The van der Waals surface area contributed by atoms with Crippen molar-refractivity contribution >= 4 is 11.8 Å². The van der Waals surface area contributed by atoms with E-state index in [4.69, 9.17) is 4.74 Å². The van der Waals surface area contributed by atoms with Gasteiger partial charge in [0.2, 0.25) is 11.8 Å². The zero-order valence-corrected chi connectivity index (χ0v) is 16.6. The number of carbonyl (C=O) groups excluding carboxylic acids is 2. The van der Waals surface area contributed by atoms with Crippen LogP contribution in [0.15, 0.2) is 30.3 Å². The third-order valence-electron chi connectivity index (χ3n) is 5.62. The lowest BCUT2D eigenvalue weighted by Crippen LogP contribution is -2.46. The molecular formula is C22H32N2O3. The number of hydrogen-bond donors (Lipinski definition) is 0. The van der Waals surface area contributed by atoms with Gasteiger partial charge in [0, 0.05) is 25.0 Å². The molecule has 1 unspecified atom stereocenters. The second kappa shape index (κ2) is 9.36. The summed E-state index contributed by atoms with van der Waals surface area (Å²) in [7, 11) is 0. The SMILES string of the molecule is CC(C)C(=O)N1CC(=O)N(C2CCCCC2)CC(OCc2ccccc2)C1. The van der Waals surface area contributed by atoms with Crippen LogP contribution in [0.25, 0.3) is 0 Å². The first kappa shape index (κ1) is 19.9. The predicted molar refractivity (Wildman–Crippen MR) is 105 cm³/mol. The average molecular weight is 373 g/mol. The molecule has 2 amide bonds. The van der Waals surface area contributed by atoms with Gasteiger partial charge < -0.3 is 14.5 Å². The minimum Gasteiger partial charge on any atom is -0.370 e. The highest BCUT2D eigenvalue weighted by Crippen LogP contribution is 2.25. The van der Waals surface area contributed by atoms with Crippen LogP contribution in [0.5, 0.6) is 0 Å². The van der Waals surface area contributed by atoms with Gasteiger partial charge in [-0.15, -0.1) is 0 Å². The summed E-state index contributed by atoms with van der Waals surface area (Å²) in [5, 5.41) is 0. The lowest BCUT2D eigenvalue weighted by atomic mass is 9.94. The summed E-state index contributed by atoms with van der Waals surface area (Å²) in [5.74, 6) is -0.0160. The van der Waals surface area contributed by atoms with Gasteiger partial charge in [0.15, 0.2) is 0 Å². The van der Waals surface area contributed by atoms with E-state index in [1.165, 1.54) is 19.3 Å². The van der Waals surface area contributed by atoms with Crippen molar-refractivity contribution in [2.45, 2.75) is 64.7 Å². The molecule has 0 bridgehead atoms. The monoisotopic (exact) mass is 372 g/mol. The van der Waals surface area contributed by atoms with Gasteiger partial charge >= 0.3 is 0 Å². The van der Waals surface area contributed by atoms with Crippen LogP contribution in [-0.2, 0) is 20.9 Å². The fraction of sp³-hybridized carbons (Fsp3) is 0.636. The van der Waals surface area contributed by atoms with Crippen molar-refractivity contribution in [2.75, 3.05) is 19.6 Å². The van der Waals surface area contributed by atoms with E-state index in [0.29, 0.717) is 25.7 Å².